The molecule has 0 radical (unpaired) electrons. The molecule has 1 spiro atoms. The molecule has 1 saturated heterocycles. The SMILES string of the molecule is Cc1ccc(NC(=O)C2CC23CCNCC3)cc1C.Cl. The molecule has 1 unspecified atom stereocenters. The lowest BCUT2D eigenvalue weighted by atomic mass is 9.92. The van der Waals surface area contributed by atoms with Crippen molar-refractivity contribution in [2.24, 2.45) is 11.3 Å². The number of nitrogens with one attached hydrogen (secondary N) is 2. The van der Waals surface area contributed by atoms with E-state index in [0.717, 1.165) is 38.0 Å². The molecule has 1 aliphatic heterocycles. The molecule has 2 fully saturated rings. The van der Waals surface area contributed by atoms with Gasteiger partial charge in [-0.2, -0.15) is 0 Å². The summed E-state index contributed by atoms with van der Waals surface area (Å²) in [6, 6.07) is 6.13. The number of hydrogen-bond acceptors (Lipinski definition) is 2. The summed E-state index contributed by atoms with van der Waals surface area (Å²) in [7, 11) is 0. The molecule has 2 N–H and O–H groups in total. The third kappa shape index (κ3) is 2.84. The summed E-state index contributed by atoms with van der Waals surface area (Å²) in [6.45, 7) is 6.29. The quantitative estimate of drug-likeness (QED) is 0.880. The number of anilines is 1. The predicted molar refractivity (Wildman–Crippen MR) is 84.4 cm³/mol. The summed E-state index contributed by atoms with van der Waals surface area (Å²) in [4.78, 5) is 12.3. The van der Waals surface area contributed by atoms with E-state index in [4.69, 9.17) is 0 Å². The zero-order chi connectivity index (χ0) is 13.5. The molecule has 1 atom stereocenters. The van der Waals surface area contributed by atoms with E-state index in [2.05, 4.69) is 36.6 Å². The van der Waals surface area contributed by atoms with Crippen LogP contribution in [0.2, 0.25) is 0 Å². The molecule has 1 amide bonds. The Labute approximate surface area is 126 Å². The summed E-state index contributed by atoms with van der Waals surface area (Å²) in [5, 5.41) is 6.46. The van der Waals surface area contributed by atoms with Gasteiger partial charge in [0.15, 0.2) is 0 Å². The standard InChI is InChI=1S/C16H22N2O.ClH/c1-11-3-4-13(9-12(11)2)18-15(19)14-10-16(14)5-7-17-8-6-16;/h3-4,9,14,17H,5-8,10H2,1-2H3,(H,18,19);1H. The van der Waals surface area contributed by atoms with E-state index < -0.39 is 0 Å². The number of carbonyl (C=O) groups excluding carboxylic acids is 1. The van der Waals surface area contributed by atoms with Crippen LogP contribution in [0.5, 0.6) is 0 Å². The molecule has 3 nitrogen and oxygen atoms in total. The Kier molecular flexibility index (Phi) is 4.40. The number of benzene rings is 1. The molecule has 4 heteroatoms. The van der Waals surface area contributed by atoms with Crippen molar-refractivity contribution >= 4 is 24.0 Å². The second kappa shape index (κ2) is 5.74. The molecule has 1 saturated carbocycles. The third-order valence-electron chi connectivity index (χ3n) is 4.88. The van der Waals surface area contributed by atoms with E-state index in [9.17, 15) is 4.79 Å². The van der Waals surface area contributed by atoms with Gasteiger partial charge in [-0.15, -0.1) is 12.4 Å². The first kappa shape index (κ1) is 15.3. The molecule has 1 aromatic carbocycles. The average molecular weight is 295 g/mol. The van der Waals surface area contributed by atoms with Crippen LogP contribution in [0.3, 0.4) is 0 Å². The van der Waals surface area contributed by atoms with Gasteiger partial charge in [-0.3, -0.25) is 4.79 Å². The maximum atomic E-state index is 12.3. The average Bonchev–Trinajstić information content (AvgIpc) is 3.08. The van der Waals surface area contributed by atoms with Gasteiger partial charge >= 0.3 is 0 Å². The Hall–Kier alpha value is -1.06. The summed E-state index contributed by atoms with van der Waals surface area (Å²) < 4.78 is 0. The number of rotatable bonds is 2. The van der Waals surface area contributed by atoms with Gasteiger partial charge in [0.1, 0.15) is 0 Å². The van der Waals surface area contributed by atoms with Crippen molar-refractivity contribution in [2.45, 2.75) is 33.1 Å². The van der Waals surface area contributed by atoms with Crippen molar-refractivity contribution in [1.82, 2.24) is 5.32 Å². The van der Waals surface area contributed by atoms with Crippen molar-refractivity contribution in [1.29, 1.82) is 0 Å². The highest BCUT2D eigenvalue weighted by Gasteiger charge is 2.57. The van der Waals surface area contributed by atoms with Gasteiger partial charge < -0.3 is 10.6 Å². The minimum atomic E-state index is 0. The number of carbonyl (C=O) groups is 1. The fraction of sp³-hybridized carbons (Fsp3) is 0.562. The van der Waals surface area contributed by atoms with E-state index in [1.165, 1.54) is 11.1 Å². The maximum absolute atomic E-state index is 12.3. The van der Waals surface area contributed by atoms with E-state index >= 15 is 0 Å². The van der Waals surface area contributed by atoms with Gasteiger partial charge in [0.2, 0.25) is 5.91 Å². The van der Waals surface area contributed by atoms with Gasteiger partial charge in [-0.1, -0.05) is 6.07 Å². The summed E-state index contributed by atoms with van der Waals surface area (Å²) in [5.74, 6) is 0.446. The molecule has 1 aliphatic carbocycles. The Morgan fingerprint density at radius 3 is 2.60 bits per heavy atom. The van der Waals surface area contributed by atoms with Crippen LogP contribution in [0.1, 0.15) is 30.4 Å². The van der Waals surface area contributed by atoms with E-state index in [1.54, 1.807) is 0 Å². The van der Waals surface area contributed by atoms with Crippen molar-refractivity contribution in [2.75, 3.05) is 18.4 Å². The zero-order valence-corrected chi connectivity index (χ0v) is 13.0. The number of hydrogen-bond donors (Lipinski definition) is 2. The first-order chi connectivity index (χ1) is 9.11. The Bertz CT molecular complexity index is 509. The number of aryl methyl sites for hydroxylation is 2. The van der Waals surface area contributed by atoms with Crippen molar-refractivity contribution in [3.05, 3.63) is 29.3 Å². The summed E-state index contributed by atoms with van der Waals surface area (Å²) in [5.41, 5.74) is 3.74. The second-order valence-corrected chi connectivity index (χ2v) is 6.16. The number of halogens is 1. The predicted octanol–water partition coefficient (Wildman–Crippen LogP) is 3.05. The first-order valence-electron chi connectivity index (χ1n) is 7.20. The minimum absolute atomic E-state index is 0. The molecule has 1 heterocycles. The van der Waals surface area contributed by atoms with Gasteiger partial charge in [0.05, 0.1) is 0 Å². The van der Waals surface area contributed by atoms with Crippen molar-refractivity contribution < 1.29 is 4.79 Å². The van der Waals surface area contributed by atoms with Crippen LogP contribution in [-0.2, 0) is 4.79 Å². The molecule has 110 valence electrons. The largest absolute Gasteiger partial charge is 0.326 e. The molecular weight excluding hydrogens is 272 g/mol. The first-order valence-corrected chi connectivity index (χ1v) is 7.20. The zero-order valence-electron chi connectivity index (χ0n) is 12.2. The van der Waals surface area contributed by atoms with Crippen molar-refractivity contribution in [3.63, 3.8) is 0 Å². The second-order valence-electron chi connectivity index (χ2n) is 6.16. The fourth-order valence-electron chi connectivity index (χ4n) is 3.24. The van der Waals surface area contributed by atoms with Crippen LogP contribution in [0, 0.1) is 25.2 Å². The molecule has 3 rings (SSSR count). The van der Waals surface area contributed by atoms with Crippen LogP contribution >= 0.6 is 12.4 Å². The lowest BCUT2D eigenvalue weighted by Gasteiger charge is -2.23. The maximum Gasteiger partial charge on any atom is 0.228 e. The molecule has 0 bridgehead atoms. The van der Waals surface area contributed by atoms with Gasteiger partial charge in [-0.25, -0.2) is 0 Å². The Balaban J connectivity index is 0.00000147. The van der Waals surface area contributed by atoms with Crippen LogP contribution in [-0.4, -0.2) is 19.0 Å². The van der Waals surface area contributed by atoms with Crippen LogP contribution < -0.4 is 10.6 Å². The topological polar surface area (TPSA) is 41.1 Å². The molecule has 20 heavy (non-hydrogen) atoms. The minimum Gasteiger partial charge on any atom is -0.326 e. The van der Waals surface area contributed by atoms with E-state index in [1.807, 2.05) is 6.07 Å². The molecular formula is C16H23ClN2O. The monoisotopic (exact) mass is 294 g/mol. The smallest absolute Gasteiger partial charge is 0.228 e. The van der Waals surface area contributed by atoms with Gasteiger partial charge in [0.25, 0.3) is 0 Å². The normalized spacial score (nSPS) is 23.0. The lowest BCUT2D eigenvalue weighted by molar-refractivity contribution is -0.118. The summed E-state index contributed by atoms with van der Waals surface area (Å²) >= 11 is 0. The highest BCUT2D eigenvalue weighted by Crippen LogP contribution is 2.58. The lowest BCUT2D eigenvalue weighted by Crippen LogP contribution is -2.31. The van der Waals surface area contributed by atoms with Gasteiger partial charge in [-0.05, 0) is 74.9 Å². The highest BCUT2D eigenvalue weighted by atomic mass is 35.5. The molecule has 2 aliphatic rings. The van der Waals surface area contributed by atoms with Crippen molar-refractivity contribution in [3.8, 4) is 0 Å². The van der Waals surface area contributed by atoms with Crippen LogP contribution in [0.4, 0.5) is 5.69 Å². The third-order valence-corrected chi connectivity index (χ3v) is 4.88. The van der Waals surface area contributed by atoms with Crippen LogP contribution in [0.25, 0.3) is 0 Å². The van der Waals surface area contributed by atoms with E-state index in [0.29, 0.717) is 5.41 Å². The Morgan fingerprint density at radius 1 is 1.25 bits per heavy atom. The van der Waals surface area contributed by atoms with Crippen LogP contribution in [0.15, 0.2) is 18.2 Å². The molecule has 0 aromatic heterocycles. The van der Waals surface area contributed by atoms with Gasteiger partial charge in [0, 0.05) is 11.6 Å². The highest BCUT2D eigenvalue weighted by molar-refractivity contribution is 5.95. The number of amides is 1. The molecule has 1 aromatic rings. The Morgan fingerprint density at radius 2 is 1.95 bits per heavy atom. The number of piperidine rings is 1. The summed E-state index contributed by atoms with van der Waals surface area (Å²) in [6.07, 6.45) is 3.38. The fourth-order valence-corrected chi connectivity index (χ4v) is 3.24. The van der Waals surface area contributed by atoms with E-state index in [-0.39, 0.29) is 24.2 Å².